The second-order valence-corrected chi connectivity index (χ2v) is 10.1. The van der Waals surface area contributed by atoms with E-state index in [0.717, 1.165) is 44.7 Å². The minimum absolute atomic E-state index is 0.0137. The molecular formula is C24H32F3N3O3. The van der Waals surface area contributed by atoms with Crippen LogP contribution >= 0.6 is 0 Å². The van der Waals surface area contributed by atoms with Crippen LogP contribution in [0.3, 0.4) is 0 Å². The molecule has 6 nitrogen and oxygen atoms in total. The first-order chi connectivity index (χ1) is 15.8. The second kappa shape index (κ2) is 8.82. The van der Waals surface area contributed by atoms with E-state index < -0.39 is 17.2 Å². The van der Waals surface area contributed by atoms with Crippen LogP contribution in [0, 0.1) is 11.3 Å². The Balaban J connectivity index is 1.31. The van der Waals surface area contributed by atoms with Gasteiger partial charge in [-0.15, -0.1) is 0 Å². The molecule has 2 aliphatic heterocycles. The van der Waals surface area contributed by atoms with Crippen LogP contribution < -0.4 is 5.32 Å². The first-order valence-corrected chi connectivity index (χ1v) is 12.0. The number of hydrogen-bond donors (Lipinski definition) is 1. The number of rotatable bonds is 4. The van der Waals surface area contributed by atoms with Crippen molar-refractivity contribution in [2.24, 2.45) is 11.3 Å². The highest BCUT2D eigenvalue weighted by Gasteiger charge is 2.56. The Morgan fingerprint density at radius 3 is 3.00 bits per heavy atom. The lowest BCUT2D eigenvalue weighted by atomic mass is 9.78. The Bertz CT molecular complexity index is 895. The number of nitrogens with zero attached hydrogens (tertiary/aromatic N) is 2. The van der Waals surface area contributed by atoms with Gasteiger partial charge in [0, 0.05) is 57.2 Å². The fourth-order valence-corrected chi connectivity index (χ4v) is 6.63. The number of pyridine rings is 1. The monoisotopic (exact) mass is 467 g/mol. The lowest BCUT2D eigenvalue weighted by molar-refractivity contribution is -0.144. The van der Waals surface area contributed by atoms with Crippen molar-refractivity contribution < 1.29 is 27.4 Å². The topological polar surface area (TPSA) is 63.7 Å². The van der Waals surface area contributed by atoms with Crippen LogP contribution in [0.15, 0.2) is 12.3 Å². The van der Waals surface area contributed by atoms with E-state index in [2.05, 4.69) is 10.3 Å². The highest BCUT2D eigenvalue weighted by Crippen LogP contribution is 2.55. The molecule has 2 saturated carbocycles. The van der Waals surface area contributed by atoms with Gasteiger partial charge in [0.2, 0.25) is 5.91 Å². The standard InChI is InChI=1S/C24H32F3N3O3/c1-32-21-14-33-8-5-20(21)29-18-10-16-3-2-6-23(16,11-18)22(31)30-7-4-19-15(13-30)9-17(12-28-19)24(25,26)27/h9,12,16,18,20-21,29H,2-8,10-11,13-14H2,1H3/t16-,18+,20+,21+,23-/m1/s1. The molecular weight excluding hydrogens is 435 g/mol. The van der Waals surface area contributed by atoms with Gasteiger partial charge in [0.15, 0.2) is 0 Å². The molecule has 5 rings (SSSR count). The van der Waals surface area contributed by atoms with Gasteiger partial charge in [0.25, 0.3) is 0 Å². The molecule has 0 unspecified atom stereocenters. The van der Waals surface area contributed by atoms with E-state index in [1.54, 1.807) is 12.0 Å². The van der Waals surface area contributed by atoms with E-state index in [4.69, 9.17) is 9.47 Å². The smallest absolute Gasteiger partial charge is 0.379 e. The Morgan fingerprint density at radius 1 is 1.36 bits per heavy atom. The molecule has 2 aliphatic carbocycles. The van der Waals surface area contributed by atoms with Crippen LogP contribution in [0.4, 0.5) is 13.2 Å². The minimum atomic E-state index is -4.43. The average Bonchev–Trinajstić information content (AvgIpc) is 3.35. The second-order valence-electron chi connectivity index (χ2n) is 10.1. The molecule has 1 amide bonds. The van der Waals surface area contributed by atoms with Crippen molar-refractivity contribution in [1.82, 2.24) is 15.2 Å². The summed E-state index contributed by atoms with van der Waals surface area (Å²) in [5.74, 6) is 0.442. The van der Waals surface area contributed by atoms with Gasteiger partial charge < -0.3 is 19.7 Å². The molecule has 4 aliphatic rings. The van der Waals surface area contributed by atoms with Gasteiger partial charge in [-0.3, -0.25) is 9.78 Å². The first kappa shape index (κ1) is 23.1. The predicted molar refractivity (Wildman–Crippen MR) is 114 cm³/mol. The molecule has 182 valence electrons. The Morgan fingerprint density at radius 2 is 2.21 bits per heavy atom. The van der Waals surface area contributed by atoms with E-state index in [1.165, 1.54) is 6.07 Å². The van der Waals surface area contributed by atoms with Crippen LogP contribution in [0.1, 0.15) is 55.3 Å². The summed E-state index contributed by atoms with van der Waals surface area (Å²) in [5, 5.41) is 3.76. The lowest BCUT2D eigenvalue weighted by Crippen LogP contribution is -2.51. The molecule has 0 radical (unpaired) electrons. The lowest BCUT2D eigenvalue weighted by Gasteiger charge is -2.38. The minimum Gasteiger partial charge on any atom is -0.379 e. The molecule has 1 saturated heterocycles. The third kappa shape index (κ3) is 4.28. The van der Waals surface area contributed by atoms with Crippen molar-refractivity contribution in [3.63, 3.8) is 0 Å². The van der Waals surface area contributed by atoms with Crippen molar-refractivity contribution in [3.8, 4) is 0 Å². The summed E-state index contributed by atoms with van der Waals surface area (Å²) in [7, 11) is 1.70. The fraction of sp³-hybridized carbons (Fsp3) is 0.750. The van der Waals surface area contributed by atoms with E-state index in [9.17, 15) is 18.0 Å². The molecule has 9 heteroatoms. The zero-order valence-electron chi connectivity index (χ0n) is 19.0. The summed E-state index contributed by atoms with van der Waals surface area (Å²) < 4.78 is 50.7. The Hall–Kier alpha value is -1.71. The van der Waals surface area contributed by atoms with Crippen LogP contribution in [0.25, 0.3) is 0 Å². The first-order valence-electron chi connectivity index (χ1n) is 12.0. The van der Waals surface area contributed by atoms with Gasteiger partial charge in [-0.25, -0.2) is 0 Å². The van der Waals surface area contributed by atoms with Gasteiger partial charge in [0.05, 0.1) is 23.7 Å². The number of fused-ring (bicyclic) bond motifs is 2. The van der Waals surface area contributed by atoms with Crippen molar-refractivity contribution in [2.45, 2.75) is 75.9 Å². The SMILES string of the molecule is CO[C@H]1COCC[C@@H]1N[C@H]1C[C@H]2CCC[C@@]2(C(=O)N2CCc3ncc(C(F)(F)F)cc3C2)C1. The van der Waals surface area contributed by atoms with Gasteiger partial charge in [-0.1, -0.05) is 6.42 Å². The normalized spacial score (nSPS) is 34.2. The molecule has 1 N–H and O–H groups in total. The summed E-state index contributed by atoms with van der Waals surface area (Å²) in [6.07, 6.45) is 2.55. The number of hydrogen-bond acceptors (Lipinski definition) is 5. The third-order valence-electron chi connectivity index (χ3n) is 8.27. The molecule has 5 atom stereocenters. The number of alkyl halides is 3. The van der Waals surface area contributed by atoms with Gasteiger partial charge in [-0.05, 0) is 49.7 Å². The molecule has 3 heterocycles. The molecule has 1 aromatic heterocycles. The highest BCUT2D eigenvalue weighted by atomic mass is 19.4. The molecule has 0 aromatic carbocycles. The maximum Gasteiger partial charge on any atom is 0.417 e. The number of halogens is 3. The quantitative estimate of drug-likeness (QED) is 0.736. The Kier molecular flexibility index (Phi) is 6.16. The third-order valence-corrected chi connectivity index (χ3v) is 8.27. The largest absolute Gasteiger partial charge is 0.417 e. The van der Waals surface area contributed by atoms with Crippen LogP contribution in [0.5, 0.6) is 0 Å². The number of ether oxygens (including phenoxy) is 2. The van der Waals surface area contributed by atoms with E-state index in [-0.39, 0.29) is 30.6 Å². The van der Waals surface area contributed by atoms with Gasteiger partial charge in [-0.2, -0.15) is 13.2 Å². The maximum absolute atomic E-state index is 13.9. The van der Waals surface area contributed by atoms with Crippen molar-refractivity contribution in [2.75, 3.05) is 26.9 Å². The molecule has 33 heavy (non-hydrogen) atoms. The van der Waals surface area contributed by atoms with Crippen molar-refractivity contribution >= 4 is 5.91 Å². The molecule has 0 bridgehead atoms. The number of carbonyl (C=O) groups is 1. The summed E-state index contributed by atoms with van der Waals surface area (Å²) in [6.45, 7) is 2.01. The number of nitrogens with one attached hydrogen (secondary N) is 1. The average molecular weight is 468 g/mol. The number of aromatic nitrogens is 1. The van der Waals surface area contributed by atoms with E-state index in [1.807, 2.05) is 0 Å². The van der Waals surface area contributed by atoms with Gasteiger partial charge >= 0.3 is 6.18 Å². The summed E-state index contributed by atoms with van der Waals surface area (Å²) >= 11 is 0. The van der Waals surface area contributed by atoms with Crippen molar-refractivity contribution in [1.29, 1.82) is 0 Å². The van der Waals surface area contributed by atoms with E-state index >= 15 is 0 Å². The predicted octanol–water partition coefficient (Wildman–Crippen LogP) is 3.33. The number of carbonyl (C=O) groups excluding carboxylic acids is 1. The van der Waals surface area contributed by atoms with Crippen LogP contribution in [0.2, 0.25) is 0 Å². The molecule has 1 aromatic rings. The summed E-state index contributed by atoms with van der Waals surface area (Å²) in [4.78, 5) is 19.7. The fourth-order valence-electron chi connectivity index (χ4n) is 6.63. The molecule has 0 spiro atoms. The highest BCUT2D eigenvalue weighted by molar-refractivity contribution is 5.84. The maximum atomic E-state index is 13.9. The Labute approximate surface area is 192 Å². The summed E-state index contributed by atoms with van der Waals surface area (Å²) in [6, 6.07) is 1.63. The van der Waals surface area contributed by atoms with Gasteiger partial charge in [0.1, 0.15) is 0 Å². The number of amides is 1. The zero-order valence-corrected chi connectivity index (χ0v) is 19.0. The summed E-state index contributed by atoms with van der Waals surface area (Å²) in [5.41, 5.74) is 0.0383. The van der Waals surface area contributed by atoms with Crippen LogP contribution in [-0.4, -0.2) is 60.8 Å². The van der Waals surface area contributed by atoms with E-state index in [0.29, 0.717) is 43.4 Å². The van der Waals surface area contributed by atoms with Crippen LogP contribution in [-0.2, 0) is 33.4 Å². The molecule has 3 fully saturated rings. The van der Waals surface area contributed by atoms with Crippen molar-refractivity contribution in [3.05, 3.63) is 29.1 Å². The zero-order chi connectivity index (χ0) is 23.2. The number of methoxy groups -OCH3 is 1.